The Kier molecular flexibility index (Phi) is 3.97. The summed E-state index contributed by atoms with van der Waals surface area (Å²) < 4.78 is 0. The maximum Gasteiger partial charge on any atom is 0.0281 e. The van der Waals surface area contributed by atoms with Crippen LogP contribution in [-0.4, -0.2) is 36.6 Å². The van der Waals surface area contributed by atoms with E-state index in [0.29, 0.717) is 0 Å². The van der Waals surface area contributed by atoms with Gasteiger partial charge in [-0.2, -0.15) is 0 Å². The van der Waals surface area contributed by atoms with E-state index >= 15 is 0 Å². The van der Waals surface area contributed by atoms with Crippen molar-refractivity contribution < 1.29 is 0 Å². The van der Waals surface area contributed by atoms with Gasteiger partial charge in [0.1, 0.15) is 0 Å². The molecular weight excluding hydrogens is 208 g/mol. The summed E-state index contributed by atoms with van der Waals surface area (Å²) in [7, 11) is 0. The predicted octanol–water partition coefficient (Wildman–Crippen LogP) is 2.38. The molecule has 17 heavy (non-hydrogen) atoms. The second-order valence-corrected chi connectivity index (χ2v) is 5.25. The first-order valence-electron chi connectivity index (χ1n) is 6.36. The second kappa shape index (κ2) is 5.48. The molecule has 0 radical (unpaired) electrons. The van der Waals surface area contributed by atoms with E-state index in [4.69, 9.17) is 0 Å². The lowest BCUT2D eigenvalue weighted by Gasteiger charge is -2.42. The summed E-state index contributed by atoms with van der Waals surface area (Å²) in [6.45, 7) is 8.94. The van der Waals surface area contributed by atoms with Crippen molar-refractivity contribution in [1.29, 1.82) is 0 Å². The molecule has 0 aliphatic carbocycles. The van der Waals surface area contributed by atoms with Crippen molar-refractivity contribution in [1.82, 2.24) is 10.2 Å². The van der Waals surface area contributed by atoms with Crippen LogP contribution < -0.4 is 5.32 Å². The zero-order chi connectivity index (χ0) is 12.1. The molecule has 1 heterocycles. The first-order valence-corrected chi connectivity index (χ1v) is 6.36. The molecule has 0 spiro atoms. The van der Waals surface area contributed by atoms with Crippen LogP contribution in [0.25, 0.3) is 6.08 Å². The maximum atomic E-state index is 3.45. The third-order valence-corrected chi connectivity index (χ3v) is 3.41. The fraction of sp³-hybridized carbons (Fsp3) is 0.467. The van der Waals surface area contributed by atoms with Gasteiger partial charge in [-0.05, 0) is 19.4 Å². The summed E-state index contributed by atoms with van der Waals surface area (Å²) in [6.07, 6.45) is 4.47. The van der Waals surface area contributed by atoms with Crippen molar-refractivity contribution >= 4 is 6.08 Å². The minimum Gasteiger partial charge on any atom is -0.314 e. The first-order chi connectivity index (χ1) is 8.18. The van der Waals surface area contributed by atoms with E-state index < -0.39 is 0 Å². The molecule has 0 saturated carbocycles. The standard InChI is InChI=1S/C15H22N2/c1-15(2)13-16-10-12-17(15)11-6-9-14-7-4-3-5-8-14/h3-9,16H,10-13H2,1-2H3. The molecule has 0 amide bonds. The molecule has 0 unspecified atom stereocenters. The number of benzene rings is 1. The number of hydrogen-bond acceptors (Lipinski definition) is 2. The van der Waals surface area contributed by atoms with Crippen molar-refractivity contribution in [2.75, 3.05) is 26.2 Å². The molecule has 0 bridgehead atoms. The van der Waals surface area contributed by atoms with E-state index in [2.05, 4.69) is 66.5 Å². The molecule has 0 atom stereocenters. The topological polar surface area (TPSA) is 15.3 Å². The lowest BCUT2D eigenvalue weighted by molar-refractivity contribution is 0.105. The zero-order valence-corrected chi connectivity index (χ0v) is 10.8. The number of nitrogens with zero attached hydrogens (tertiary/aromatic N) is 1. The van der Waals surface area contributed by atoms with E-state index in [1.54, 1.807) is 0 Å². The Balaban J connectivity index is 1.91. The Labute approximate surface area is 104 Å². The van der Waals surface area contributed by atoms with Gasteiger partial charge in [0.2, 0.25) is 0 Å². The summed E-state index contributed by atoms with van der Waals surface area (Å²) in [5, 5.41) is 3.45. The van der Waals surface area contributed by atoms with Crippen LogP contribution in [0.4, 0.5) is 0 Å². The van der Waals surface area contributed by atoms with Crippen molar-refractivity contribution in [3.8, 4) is 0 Å². The monoisotopic (exact) mass is 230 g/mol. The van der Waals surface area contributed by atoms with Gasteiger partial charge in [0, 0.05) is 31.7 Å². The highest BCUT2D eigenvalue weighted by molar-refractivity contribution is 5.48. The lowest BCUT2D eigenvalue weighted by atomic mass is 10.0. The average molecular weight is 230 g/mol. The van der Waals surface area contributed by atoms with Gasteiger partial charge >= 0.3 is 0 Å². The predicted molar refractivity (Wildman–Crippen MR) is 74.0 cm³/mol. The molecule has 1 aliphatic rings. The molecule has 0 aromatic heterocycles. The highest BCUT2D eigenvalue weighted by Crippen LogP contribution is 2.15. The van der Waals surface area contributed by atoms with Gasteiger partial charge in [0.05, 0.1) is 0 Å². The Hall–Kier alpha value is -1.12. The lowest BCUT2D eigenvalue weighted by Crippen LogP contribution is -2.57. The molecule has 1 N–H and O–H groups in total. The molecule has 1 aromatic carbocycles. The number of piperazine rings is 1. The van der Waals surface area contributed by atoms with Gasteiger partial charge in [0.25, 0.3) is 0 Å². The summed E-state index contributed by atoms with van der Waals surface area (Å²) in [6, 6.07) is 10.5. The van der Waals surface area contributed by atoms with E-state index in [1.807, 2.05) is 0 Å². The maximum absolute atomic E-state index is 3.45. The average Bonchev–Trinajstić information content (AvgIpc) is 2.32. The van der Waals surface area contributed by atoms with E-state index in [1.165, 1.54) is 5.56 Å². The van der Waals surface area contributed by atoms with Gasteiger partial charge < -0.3 is 5.32 Å². The minimum absolute atomic E-state index is 0.263. The minimum atomic E-state index is 0.263. The normalized spacial score (nSPS) is 20.8. The van der Waals surface area contributed by atoms with Crippen LogP contribution in [0.2, 0.25) is 0 Å². The molecule has 1 aliphatic heterocycles. The van der Waals surface area contributed by atoms with Crippen LogP contribution in [0.15, 0.2) is 36.4 Å². The molecule has 1 aromatic rings. The van der Waals surface area contributed by atoms with Crippen LogP contribution in [0.1, 0.15) is 19.4 Å². The van der Waals surface area contributed by atoms with Crippen molar-refractivity contribution in [3.63, 3.8) is 0 Å². The summed E-state index contributed by atoms with van der Waals surface area (Å²) in [5.74, 6) is 0. The zero-order valence-electron chi connectivity index (χ0n) is 10.8. The molecule has 1 saturated heterocycles. The van der Waals surface area contributed by atoms with Gasteiger partial charge in [0.15, 0.2) is 0 Å². The van der Waals surface area contributed by atoms with Crippen molar-refractivity contribution in [3.05, 3.63) is 42.0 Å². The van der Waals surface area contributed by atoms with Crippen LogP contribution >= 0.6 is 0 Å². The quantitative estimate of drug-likeness (QED) is 0.857. The third kappa shape index (κ3) is 3.42. The number of nitrogens with one attached hydrogen (secondary N) is 1. The van der Waals surface area contributed by atoms with Crippen LogP contribution in [0, 0.1) is 0 Å². The van der Waals surface area contributed by atoms with E-state index in [0.717, 1.165) is 26.2 Å². The Morgan fingerprint density at radius 3 is 2.76 bits per heavy atom. The fourth-order valence-electron chi connectivity index (χ4n) is 2.24. The molecule has 2 heteroatoms. The molecule has 1 fully saturated rings. The summed E-state index contributed by atoms with van der Waals surface area (Å²) >= 11 is 0. The molecule has 2 nitrogen and oxygen atoms in total. The molecule has 2 rings (SSSR count). The van der Waals surface area contributed by atoms with E-state index in [-0.39, 0.29) is 5.54 Å². The van der Waals surface area contributed by atoms with Crippen LogP contribution in [-0.2, 0) is 0 Å². The highest BCUT2D eigenvalue weighted by Gasteiger charge is 2.28. The number of rotatable bonds is 3. The highest BCUT2D eigenvalue weighted by atomic mass is 15.2. The third-order valence-electron chi connectivity index (χ3n) is 3.41. The Morgan fingerprint density at radius 2 is 2.06 bits per heavy atom. The van der Waals surface area contributed by atoms with Crippen molar-refractivity contribution in [2.24, 2.45) is 0 Å². The van der Waals surface area contributed by atoms with Gasteiger partial charge in [-0.25, -0.2) is 0 Å². The molecule has 92 valence electrons. The van der Waals surface area contributed by atoms with Crippen molar-refractivity contribution in [2.45, 2.75) is 19.4 Å². The Morgan fingerprint density at radius 1 is 1.29 bits per heavy atom. The molecular formula is C15H22N2. The summed E-state index contributed by atoms with van der Waals surface area (Å²) in [5.41, 5.74) is 1.54. The van der Waals surface area contributed by atoms with Gasteiger partial charge in [-0.3, -0.25) is 4.90 Å². The summed E-state index contributed by atoms with van der Waals surface area (Å²) in [4.78, 5) is 2.53. The SMILES string of the molecule is CC1(C)CNCCN1CC=Cc1ccccc1. The Bertz CT molecular complexity index is 368. The number of hydrogen-bond donors (Lipinski definition) is 1. The van der Waals surface area contributed by atoms with Gasteiger partial charge in [-0.1, -0.05) is 42.5 Å². The van der Waals surface area contributed by atoms with Gasteiger partial charge in [-0.15, -0.1) is 0 Å². The first kappa shape index (κ1) is 12.3. The van der Waals surface area contributed by atoms with Crippen LogP contribution in [0.5, 0.6) is 0 Å². The second-order valence-electron chi connectivity index (χ2n) is 5.25. The smallest absolute Gasteiger partial charge is 0.0281 e. The fourth-order valence-corrected chi connectivity index (χ4v) is 2.24. The largest absolute Gasteiger partial charge is 0.314 e. The van der Waals surface area contributed by atoms with Crippen LogP contribution in [0.3, 0.4) is 0 Å². The van der Waals surface area contributed by atoms with E-state index in [9.17, 15) is 0 Å².